The highest BCUT2D eigenvalue weighted by atomic mass is 32.1. The number of rotatable bonds is 5. The van der Waals surface area contributed by atoms with Gasteiger partial charge >= 0.3 is 5.97 Å². The lowest BCUT2D eigenvalue weighted by Gasteiger charge is -2.11. The lowest BCUT2D eigenvalue weighted by Crippen LogP contribution is -1.94. The Morgan fingerprint density at radius 1 is 1.20 bits per heavy atom. The molecule has 4 aromatic rings. The summed E-state index contributed by atoms with van der Waals surface area (Å²) in [7, 11) is 1.65. The van der Waals surface area contributed by atoms with E-state index in [0.717, 1.165) is 11.3 Å². The van der Waals surface area contributed by atoms with Crippen LogP contribution < -0.4 is 4.74 Å². The van der Waals surface area contributed by atoms with E-state index in [-0.39, 0.29) is 10.7 Å². The molecule has 152 valence electrons. The summed E-state index contributed by atoms with van der Waals surface area (Å²) in [4.78, 5) is 17.2. The molecule has 30 heavy (non-hydrogen) atoms. The molecule has 10 heteroatoms. The number of aryl methyl sites for hydroxylation is 3. The van der Waals surface area contributed by atoms with Crippen LogP contribution in [0.1, 0.15) is 20.9 Å². The van der Waals surface area contributed by atoms with Gasteiger partial charge in [-0.15, -0.1) is 21.5 Å². The second-order valence-electron chi connectivity index (χ2n) is 6.57. The van der Waals surface area contributed by atoms with Gasteiger partial charge < -0.3 is 9.84 Å². The van der Waals surface area contributed by atoms with Crippen molar-refractivity contribution in [3.63, 3.8) is 0 Å². The highest BCUT2D eigenvalue weighted by molar-refractivity contribution is 7.17. The Balaban J connectivity index is 1.79. The van der Waals surface area contributed by atoms with Gasteiger partial charge in [-0.1, -0.05) is 0 Å². The number of tetrazole rings is 1. The van der Waals surface area contributed by atoms with E-state index in [9.17, 15) is 14.3 Å². The largest absolute Gasteiger partial charge is 0.477 e. The van der Waals surface area contributed by atoms with E-state index in [4.69, 9.17) is 4.74 Å². The van der Waals surface area contributed by atoms with Crippen molar-refractivity contribution in [2.45, 2.75) is 13.8 Å². The fourth-order valence-electron chi connectivity index (χ4n) is 2.84. The summed E-state index contributed by atoms with van der Waals surface area (Å²) < 4.78 is 19.6. The molecule has 0 spiro atoms. The van der Waals surface area contributed by atoms with Crippen molar-refractivity contribution in [2.75, 3.05) is 0 Å². The molecule has 1 N–H and O–H groups in total. The van der Waals surface area contributed by atoms with Crippen molar-refractivity contribution >= 4 is 17.3 Å². The predicted octanol–water partition coefficient (Wildman–Crippen LogP) is 4.25. The topological polar surface area (TPSA) is 103 Å². The van der Waals surface area contributed by atoms with Crippen molar-refractivity contribution in [3.05, 3.63) is 58.3 Å². The number of halogens is 1. The zero-order valence-corrected chi connectivity index (χ0v) is 17.1. The standard InChI is InChI=1S/C20H16FN5O3S/c1-10-8-13(5-6-15(10)21)29-16-7-4-12(9-14(16)18-23-25-26(3)24-18)19-22-11(2)17(30-19)20(27)28/h4-9H,1-3H3,(H,27,28). The Morgan fingerprint density at radius 2 is 2.00 bits per heavy atom. The maximum Gasteiger partial charge on any atom is 0.347 e. The minimum atomic E-state index is -1.02. The number of carbonyl (C=O) groups is 1. The Kier molecular flexibility index (Phi) is 5.00. The summed E-state index contributed by atoms with van der Waals surface area (Å²) in [5.41, 5.74) is 2.15. The van der Waals surface area contributed by atoms with Gasteiger partial charge in [-0.3, -0.25) is 0 Å². The first-order valence-electron chi connectivity index (χ1n) is 8.85. The average molecular weight is 425 g/mol. The van der Waals surface area contributed by atoms with Gasteiger partial charge in [0.05, 0.1) is 18.3 Å². The number of hydrogen-bond acceptors (Lipinski definition) is 7. The molecule has 2 aromatic carbocycles. The Bertz CT molecular complexity index is 1270. The van der Waals surface area contributed by atoms with Crippen LogP contribution in [-0.4, -0.2) is 36.3 Å². The molecule has 2 heterocycles. The second kappa shape index (κ2) is 7.64. The van der Waals surface area contributed by atoms with Gasteiger partial charge in [0.25, 0.3) is 0 Å². The number of nitrogens with zero attached hydrogens (tertiary/aromatic N) is 5. The summed E-state index contributed by atoms with van der Waals surface area (Å²) in [5, 5.41) is 22.0. The fraction of sp³-hybridized carbons (Fsp3) is 0.150. The van der Waals surface area contributed by atoms with Gasteiger partial charge in [0.2, 0.25) is 5.82 Å². The number of ether oxygens (including phenoxy) is 1. The molecule has 0 radical (unpaired) electrons. The Morgan fingerprint density at radius 3 is 2.63 bits per heavy atom. The Hall–Kier alpha value is -3.66. The summed E-state index contributed by atoms with van der Waals surface area (Å²) >= 11 is 1.09. The molecule has 0 aliphatic carbocycles. The minimum Gasteiger partial charge on any atom is -0.477 e. The van der Waals surface area contributed by atoms with E-state index < -0.39 is 5.97 Å². The highest BCUT2D eigenvalue weighted by Gasteiger charge is 2.19. The van der Waals surface area contributed by atoms with E-state index in [1.165, 1.54) is 16.9 Å². The van der Waals surface area contributed by atoms with Gasteiger partial charge in [-0.25, -0.2) is 14.2 Å². The van der Waals surface area contributed by atoms with E-state index in [0.29, 0.717) is 44.7 Å². The van der Waals surface area contributed by atoms with Crippen LogP contribution in [-0.2, 0) is 7.05 Å². The van der Waals surface area contributed by atoms with Crippen LogP contribution in [0, 0.1) is 19.7 Å². The number of aromatic nitrogens is 5. The molecular formula is C20H16FN5O3S. The highest BCUT2D eigenvalue weighted by Crippen LogP contribution is 2.37. The minimum absolute atomic E-state index is 0.186. The fourth-order valence-corrected chi connectivity index (χ4v) is 3.75. The molecule has 0 unspecified atom stereocenters. The molecule has 0 bridgehead atoms. The van der Waals surface area contributed by atoms with Crippen LogP contribution in [0.4, 0.5) is 4.39 Å². The van der Waals surface area contributed by atoms with Crippen molar-refractivity contribution in [2.24, 2.45) is 7.05 Å². The van der Waals surface area contributed by atoms with E-state index in [2.05, 4.69) is 20.4 Å². The molecule has 2 aromatic heterocycles. The maximum atomic E-state index is 13.6. The van der Waals surface area contributed by atoms with Gasteiger partial charge in [0.15, 0.2) is 0 Å². The zero-order chi connectivity index (χ0) is 21.4. The number of carboxylic acid groups (broad SMARTS) is 1. The smallest absolute Gasteiger partial charge is 0.347 e. The van der Waals surface area contributed by atoms with Crippen molar-refractivity contribution in [1.82, 2.24) is 25.2 Å². The summed E-state index contributed by atoms with van der Waals surface area (Å²) in [6.07, 6.45) is 0. The second-order valence-corrected chi connectivity index (χ2v) is 7.56. The summed E-state index contributed by atoms with van der Waals surface area (Å²) in [6.45, 7) is 3.31. The molecule has 0 saturated carbocycles. The Labute approximate surface area is 174 Å². The number of hydrogen-bond donors (Lipinski definition) is 1. The predicted molar refractivity (Wildman–Crippen MR) is 108 cm³/mol. The van der Waals surface area contributed by atoms with Crippen molar-refractivity contribution in [1.29, 1.82) is 0 Å². The van der Waals surface area contributed by atoms with Gasteiger partial charge in [-0.2, -0.15) is 4.80 Å². The molecule has 0 saturated heterocycles. The first-order chi connectivity index (χ1) is 14.3. The molecule has 0 amide bonds. The third kappa shape index (κ3) is 3.77. The molecule has 4 rings (SSSR count). The van der Waals surface area contributed by atoms with Crippen LogP contribution in [0.15, 0.2) is 36.4 Å². The molecule has 0 aliphatic heterocycles. The van der Waals surface area contributed by atoms with Crippen molar-refractivity contribution < 1.29 is 19.0 Å². The molecule has 0 fully saturated rings. The van der Waals surface area contributed by atoms with E-state index >= 15 is 0 Å². The summed E-state index contributed by atoms with van der Waals surface area (Å²) in [5.74, 6) is -0.0879. The zero-order valence-electron chi connectivity index (χ0n) is 16.3. The number of carboxylic acids is 1. The molecule has 0 atom stereocenters. The normalized spacial score (nSPS) is 10.9. The van der Waals surface area contributed by atoms with E-state index in [1.54, 1.807) is 45.2 Å². The molecule has 0 aliphatic rings. The van der Waals surface area contributed by atoms with Crippen LogP contribution >= 0.6 is 11.3 Å². The summed E-state index contributed by atoms with van der Waals surface area (Å²) in [6, 6.07) is 9.73. The van der Waals surface area contributed by atoms with Gasteiger partial charge in [0, 0.05) is 5.56 Å². The number of aromatic carboxylic acids is 1. The average Bonchev–Trinajstić information content (AvgIpc) is 3.31. The van der Waals surface area contributed by atoms with Crippen LogP contribution in [0.3, 0.4) is 0 Å². The first kappa shape index (κ1) is 19.6. The third-order valence-corrected chi connectivity index (χ3v) is 5.52. The van der Waals surface area contributed by atoms with Crippen LogP contribution in [0.5, 0.6) is 11.5 Å². The van der Waals surface area contributed by atoms with E-state index in [1.807, 2.05) is 0 Å². The first-order valence-corrected chi connectivity index (χ1v) is 9.67. The maximum absolute atomic E-state index is 13.6. The van der Waals surface area contributed by atoms with Crippen molar-refractivity contribution in [3.8, 4) is 33.5 Å². The van der Waals surface area contributed by atoms with Gasteiger partial charge in [0.1, 0.15) is 27.2 Å². The lowest BCUT2D eigenvalue weighted by molar-refractivity contribution is 0.0701. The lowest BCUT2D eigenvalue weighted by atomic mass is 10.1. The number of thiazole rings is 1. The van der Waals surface area contributed by atoms with Crippen LogP contribution in [0.2, 0.25) is 0 Å². The third-order valence-electron chi connectivity index (χ3n) is 4.32. The number of benzene rings is 2. The SMILES string of the molecule is Cc1cc(Oc2ccc(-c3nc(C)c(C(=O)O)s3)cc2-c2nnn(C)n2)ccc1F. The van der Waals surface area contributed by atoms with Gasteiger partial charge in [-0.05, 0) is 61.0 Å². The van der Waals surface area contributed by atoms with Crippen LogP contribution in [0.25, 0.3) is 22.0 Å². The molecule has 8 nitrogen and oxygen atoms in total. The molecular weight excluding hydrogens is 409 g/mol. The quantitative estimate of drug-likeness (QED) is 0.510. The monoisotopic (exact) mass is 425 g/mol.